The Balaban J connectivity index is 0.00000108. The molecule has 0 atom stereocenters. The van der Waals surface area contributed by atoms with Gasteiger partial charge in [-0.15, -0.1) is 31.4 Å². The molecule has 4 heteroatoms. The van der Waals surface area contributed by atoms with Crippen LogP contribution in [0.15, 0.2) is 110 Å². The minimum atomic E-state index is -2.01. The van der Waals surface area contributed by atoms with Crippen LogP contribution in [0.2, 0.25) is 12.6 Å². The standard InChI is InChI=1S/C30H26Si.2ClH.Ti/c1-3-20-31(2,29-25-16-8-4-12-21(25)22-13-5-9-17-26(22)29)30-27-18-10-6-14-23(27)24-15-7-11-19-28(24)30;;;/h3-19,29-30H,1,20H2,2H3;2*1H;. The molecule has 0 saturated carbocycles. The van der Waals surface area contributed by atoms with Crippen molar-refractivity contribution in [1.82, 2.24) is 0 Å². The van der Waals surface area contributed by atoms with Crippen LogP contribution in [0.4, 0.5) is 0 Å². The molecule has 170 valence electrons. The third-order valence-electron chi connectivity index (χ3n) is 7.57. The topological polar surface area (TPSA) is 0 Å². The SMILES string of the molecule is C=CC[Si](C)(C1c2ccccc2-c2ccccc21)C1c2ccccc2-c2ccccc21.Cl.Cl.[Ti]. The molecule has 0 amide bonds. The smallest absolute Gasteiger partial charge is 0.0797 e. The first kappa shape index (κ1) is 26.7. The van der Waals surface area contributed by atoms with Crippen molar-refractivity contribution in [2.75, 3.05) is 0 Å². The maximum atomic E-state index is 4.25. The van der Waals surface area contributed by atoms with Gasteiger partial charge in [-0.1, -0.05) is 110 Å². The van der Waals surface area contributed by atoms with Crippen LogP contribution in [-0.4, -0.2) is 8.07 Å². The molecule has 4 aromatic carbocycles. The van der Waals surface area contributed by atoms with E-state index in [1.54, 1.807) is 0 Å². The van der Waals surface area contributed by atoms with Gasteiger partial charge in [0.15, 0.2) is 0 Å². The summed E-state index contributed by atoms with van der Waals surface area (Å²) in [5, 5.41) is 0. The second-order valence-electron chi connectivity index (χ2n) is 9.21. The van der Waals surface area contributed by atoms with E-state index in [4.69, 9.17) is 0 Å². The summed E-state index contributed by atoms with van der Waals surface area (Å²) in [7, 11) is -2.01. The van der Waals surface area contributed by atoms with Crippen molar-refractivity contribution in [3.05, 3.63) is 132 Å². The van der Waals surface area contributed by atoms with Crippen LogP contribution >= 0.6 is 24.8 Å². The van der Waals surface area contributed by atoms with Crippen molar-refractivity contribution in [2.45, 2.75) is 23.7 Å². The Kier molecular flexibility index (Phi) is 8.18. The van der Waals surface area contributed by atoms with Crippen molar-refractivity contribution < 1.29 is 21.7 Å². The van der Waals surface area contributed by atoms with Gasteiger partial charge >= 0.3 is 0 Å². The zero-order chi connectivity index (χ0) is 21.0. The minimum Gasteiger partial charge on any atom is -0.147 e. The Morgan fingerprint density at radius 3 is 1.12 bits per heavy atom. The molecule has 0 heterocycles. The number of hydrogen-bond acceptors (Lipinski definition) is 0. The largest absolute Gasteiger partial charge is 0.147 e. The maximum Gasteiger partial charge on any atom is 0.0797 e. The molecule has 2 aliphatic carbocycles. The summed E-state index contributed by atoms with van der Waals surface area (Å²) in [6.07, 6.45) is 2.19. The monoisotopic (exact) mass is 534 g/mol. The summed E-state index contributed by atoms with van der Waals surface area (Å²) < 4.78 is 0. The normalized spacial score (nSPS) is 13.3. The average molecular weight is 535 g/mol. The average Bonchev–Trinajstić information content (AvgIpc) is 3.33. The van der Waals surface area contributed by atoms with Gasteiger partial charge in [-0.3, -0.25) is 0 Å². The molecule has 0 fully saturated rings. The number of rotatable bonds is 4. The predicted octanol–water partition coefficient (Wildman–Crippen LogP) is 8.80. The molecule has 6 rings (SSSR count). The summed E-state index contributed by atoms with van der Waals surface area (Å²) in [5.41, 5.74) is 12.7. The Morgan fingerprint density at radius 1 is 0.588 bits per heavy atom. The molecule has 34 heavy (non-hydrogen) atoms. The molecule has 4 aromatic rings. The first-order valence-electron chi connectivity index (χ1n) is 11.2. The molecule has 0 unspecified atom stereocenters. The molecule has 0 nitrogen and oxygen atoms in total. The Morgan fingerprint density at radius 2 is 0.853 bits per heavy atom. The Bertz CT molecular complexity index is 1150. The molecule has 0 saturated heterocycles. The van der Waals surface area contributed by atoms with Gasteiger partial charge in [0, 0.05) is 32.8 Å². The van der Waals surface area contributed by atoms with Crippen molar-refractivity contribution >= 4 is 32.9 Å². The van der Waals surface area contributed by atoms with E-state index in [9.17, 15) is 0 Å². The summed E-state index contributed by atoms with van der Waals surface area (Å²) in [4.78, 5) is 0. The summed E-state index contributed by atoms with van der Waals surface area (Å²) in [6, 6.07) is 37.5. The van der Waals surface area contributed by atoms with Gasteiger partial charge in [-0.05, 0) is 50.6 Å². The molecule has 0 N–H and O–H groups in total. The maximum absolute atomic E-state index is 4.25. The molecule has 0 bridgehead atoms. The number of halogens is 2. The van der Waals surface area contributed by atoms with E-state index in [1.807, 2.05) is 0 Å². The molecule has 0 radical (unpaired) electrons. The van der Waals surface area contributed by atoms with E-state index in [0.29, 0.717) is 11.1 Å². The molecular weight excluding hydrogens is 507 g/mol. The third kappa shape index (κ3) is 3.79. The van der Waals surface area contributed by atoms with E-state index in [0.717, 1.165) is 6.04 Å². The van der Waals surface area contributed by atoms with Gasteiger partial charge in [0.2, 0.25) is 0 Å². The van der Waals surface area contributed by atoms with Crippen molar-refractivity contribution in [2.24, 2.45) is 0 Å². The molecule has 0 aliphatic heterocycles. The predicted molar refractivity (Wildman–Crippen MR) is 149 cm³/mol. The fourth-order valence-electron chi connectivity index (χ4n) is 6.45. The van der Waals surface area contributed by atoms with Crippen molar-refractivity contribution in [1.29, 1.82) is 0 Å². The summed E-state index contributed by atoms with van der Waals surface area (Å²) >= 11 is 0. The van der Waals surface area contributed by atoms with E-state index in [2.05, 4.69) is 116 Å². The van der Waals surface area contributed by atoms with Gasteiger partial charge in [0.05, 0.1) is 8.07 Å². The molecular formula is C30H28Cl2SiTi. The van der Waals surface area contributed by atoms with Crippen LogP contribution in [0.3, 0.4) is 0 Å². The quantitative estimate of drug-likeness (QED) is 0.181. The van der Waals surface area contributed by atoms with Gasteiger partial charge in [0.1, 0.15) is 0 Å². The van der Waals surface area contributed by atoms with E-state index < -0.39 is 8.07 Å². The summed E-state index contributed by atoms with van der Waals surface area (Å²) in [6.45, 7) is 6.87. The zero-order valence-corrected chi connectivity index (χ0v) is 23.4. The Hall–Kier alpha value is -1.87. The van der Waals surface area contributed by atoms with Crippen LogP contribution < -0.4 is 0 Å². The van der Waals surface area contributed by atoms with Crippen molar-refractivity contribution in [3.8, 4) is 22.3 Å². The van der Waals surface area contributed by atoms with Gasteiger partial charge in [-0.2, -0.15) is 0 Å². The first-order valence-corrected chi connectivity index (χ1v) is 14.1. The van der Waals surface area contributed by atoms with Crippen molar-refractivity contribution in [3.63, 3.8) is 0 Å². The van der Waals surface area contributed by atoms with Gasteiger partial charge < -0.3 is 0 Å². The van der Waals surface area contributed by atoms with Crippen LogP contribution in [0.1, 0.15) is 33.3 Å². The van der Waals surface area contributed by atoms with Crippen LogP contribution in [0, 0.1) is 0 Å². The van der Waals surface area contributed by atoms with Crippen LogP contribution in [0.25, 0.3) is 22.3 Å². The second-order valence-corrected chi connectivity index (χ2v) is 13.8. The van der Waals surface area contributed by atoms with E-state index in [-0.39, 0.29) is 46.5 Å². The molecule has 0 aromatic heterocycles. The van der Waals surface area contributed by atoms with E-state index in [1.165, 1.54) is 44.5 Å². The summed E-state index contributed by atoms with van der Waals surface area (Å²) in [5.74, 6) is 0. The molecule has 2 aliphatic rings. The van der Waals surface area contributed by atoms with Gasteiger partial charge in [-0.25, -0.2) is 0 Å². The number of fused-ring (bicyclic) bond motifs is 6. The number of allylic oxidation sites excluding steroid dienone is 1. The van der Waals surface area contributed by atoms with Crippen LogP contribution in [-0.2, 0) is 21.7 Å². The fraction of sp³-hybridized carbons (Fsp3) is 0.133. The fourth-order valence-corrected chi connectivity index (χ4v) is 11.7. The number of benzene rings is 4. The number of hydrogen-bond donors (Lipinski definition) is 0. The third-order valence-corrected chi connectivity index (χ3v) is 12.6. The van der Waals surface area contributed by atoms with E-state index >= 15 is 0 Å². The zero-order valence-electron chi connectivity index (χ0n) is 19.2. The minimum absolute atomic E-state index is 0. The Labute approximate surface area is 231 Å². The van der Waals surface area contributed by atoms with Gasteiger partial charge in [0.25, 0.3) is 0 Å². The first-order chi connectivity index (χ1) is 15.2. The van der Waals surface area contributed by atoms with Crippen LogP contribution in [0.5, 0.6) is 0 Å². The molecule has 0 spiro atoms. The second kappa shape index (κ2) is 10.4.